The standard InChI is InChI=1S/C37H38O2/c38-25-11-23-36(31-17-5-1-13-27(31)28-14-2-6-18-32(28)36)35(21-9-10-22-35)37(24-12-26-39)33-19-7-3-15-29(33)30-16-4-8-20-34(30)37/h1-8,13-20,38-39H,9-12,21-26H2. The van der Waals surface area contributed by atoms with Gasteiger partial charge in [-0.25, -0.2) is 0 Å². The minimum Gasteiger partial charge on any atom is -0.396 e. The number of rotatable bonds is 8. The number of hydrogen-bond acceptors (Lipinski definition) is 2. The average molecular weight is 515 g/mol. The van der Waals surface area contributed by atoms with Gasteiger partial charge in [-0.3, -0.25) is 0 Å². The molecule has 0 aromatic heterocycles. The van der Waals surface area contributed by atoms with Crippen LogP contribution in [0.3, 0.4) is 0 Å². The molecular weight excluding hydrogens is 476 g/mol. The molecule has 0 aliphatic heterocycles. The van der Waals surface area contributed by atoms with E-state index in [-0.39, 0.29) is 29.5 Å². The van der Waals surface area contributed by atoms with Crippen molar-refractivity contribution in [2.45, 2.75) is 62.2 Å². The lowest BCUT2D eigenvalue weighted by Gasteiger charge is -2.59. The molecule has 0 heterocycles. The fourth-order valence-electron chi connectivity index (χ4n) is 9.58. The van der Waals surface area contributed by atoms with Crippen molar-refractivity contribution in [3.8, 4) is 22.3 Å². The van der Waals surface area contributed by atoms with E-state index < -0.39 is 0 Å². The fraction of sp³-hybridized carbons (Fsp3) is 0.351. The van der Waals surface area contributed by atoms with Crippen molar-refractivity contribution in [3.63, 3.8) is 0 Å². The van der Waals surface area contributed by atoms with E-state index >= 15 is 0 Å². The summed E-state index contributed by atoms with van der Waals surface area (Å²) in [5.41, 5.74) is 10.6. The molecule has 0 atom stereocenters. The zero-order chi connectivity index (χ0) is 26.5. The van der Waals surface area contributed by atoms with E-state index in [1.165, 1.54) is 57.3 Å². The van der Waals surface area contributed by atoms with Crippen molar-refractivity contribution in [2.75, 3.05) is 13.2 Å². The van der Waals surface area contributed by atoms with Crippen LogP contribution >= 0.6 is 0 Å². The third-order valence-corrected chi connectivity index (χ3v) is 10.6. The van der Waals surface area contributed by atoms with Crippen LogP contribution in [0.4, 0.5) is 0 Å². The molecule has 4 aromatic rings. The maximum Gasteiger partial charge on any atom is 0.0431 e. The Balaban J connectivity index is 1.64. The van der Waals surface area contributed by atoms with Gasteiger partial charge in [0.1, 0.15) is 0 Å². The normalized spacial score (nSPS) is 18.8. The number of aliphatic hydroxyl groups is 2. The lowest BCUT2D eigenvalue weighted by molar-refractivity contribution is 0.0441. The quantitative estimate of drug-likeness (QED) is 0.250. The Hall–Kier alpha value is -3.20. The molecular formula is C37H38O2. The highest BCUT2D eigenvalue weighted by Gasteiger charge is 2.68. The SMILES string of the molecule is OCCCC1(C2(C3(CCCO)c4ccccc4-c4ccccc43)CCCC2)c2ccccc2-c2ccccc21. The lowest BCUT2D eigenvalue weighted by Crippen LogP contribution is -2.57. The molecule has 3 aliphatic carbocycles. The fourth-order valence-corrected chi connectivity index (χ4v) is 9.58. The van der Waals surface area contributed by atoms with Gasteiger partial charge in [0.05, 0.1) is 0 Å². The predicted octanol–water partition coefficient (Wildman–Crippen LogP) is 8.03. The van der Waals surface area contributed by atoms with E-state index in [1.807, 2.05) is 0 Å². The molecule has 1 fully saturated rings. The number of fused-ring (bicyclic) bond motifs is 6. The molecule has 0 radical (unpaired) electrons. The maximum absolute atomic E-state index is 10.3. The van der Waals surface area contributed by atoms with Crippen LogP contribution in [0.2, 0.25) is 0 Å². The third kappa shape index (κ3) is 3.11. The van der Waals surface area contributed by atoms with Crippen LogP contribution in [-0.2, 0) is 10.8 Å². The first-order valence-electron chi connectivity index (χ1n) is 14.9. The highest BCUT2D eigenvalue weighted by molar-refractivity contribution is 5.85. The van der Waals surface area contributed by atoms with E-state index in [0.29, 0.717) is 0 Å². The molecule has 0 unspecified atom stereocenters. The van der Waals surface area contributed by atoms with Gasteiger partial charge in [-0.15, -0.1) is 0 Å². The topological polar surface area (TPSA) is 40.5 Å². The largest absolute Gasteiger partial charge is 0.396 e. The van der Waals surface area contributed by atoms with Gasteiger partial charge < -0.3 is 10.2 Å². The first-order chi connectivity index (χ1) is 19.2. The van der Waals surface area contributed by atoms with Crippen molar-refractivity contribution >= 4 is 0 Å². The summed E-state index contributed by atoms with van der Waals surface area (Å²) in [5, 5.41) is 20.6. The summed E-state index contributed by atoms with van der Waals surface area (Å²) in [6.45, 7) is 0.387. The smallest absolute Gasteiger partial charge is 0.0431 e. The summed E-state index contributed by atoms with van der Waals surface area (Å²) in [4.78, 5) is 0. The second-order valence-electron chi connectivity index (χ2n) is 11.9. The van der Waals surface area contributed by atoms with Crippen molar-refractivity contribution in [3.05, 3.63) is 119 Å². The van der Waals surface area contributed by atoms with Gasteiger partial charge in [0.15, 0.2) is 0 Å². The minimum absolute atomic E-state index is 0.101. The van der Waals surface area contributed by atoms with Gasteiger partial charge in [-0.2, -0.15) is 0 Å². The summed E-state index contributed by atoms with van der Waals surface area (Å²) >= 11 is 0. The van der Waals surface area contributed by atoms with Crippen LogP contribution in [0.15, 0.2) is 97.1 Å². The molecule has 4 aromatic carbocycles. The zero-order valence-electron chi connectivity index (χ0n) is 22.7. The summed E-state index contributed by atoms with van der Waals surface area (Å²) in [5.74, 6) is 0. The van der Waals surface area contributed by atoms with Gasteiger partial charge in [-0.05, 0) is 88.4 Å². The van der Waals surface area contributed by atoms with Crippen LogP contribution in [0, 0.1) is 5.41 Å². The van der Waals surface area contributed by atoms with E-state index in [0.717, 1.165) is 38.5 Å². The Labute approximate surface area is 232 Å². The van der Waals surface area contributed by atoms with E-state index in [4.69, 9.17) is 0 Å². The van der Waals surface area contributed by atoms with Gasteiger partial charge in [-0.1, -0.05) is 110 Å². The molecule has 39 heavy (non-hydrogen) atoms. The first-order valence-corrected chi connectivity index (χ1v) is 14.9. The Morgan fingerprint density at radius 2 is 0.769 bits per heavy atom. The number of aliphatic hydroxyl groups excluding tert-OH is 2. The zero-order valence-corrected chi connectivity index (χ0v) is 22.7. The third-order valence-electron chi connectivity index (χ3n) is 10.6. The molecule has 2 nitrogen and oxygen atoms in total. The molecule has 0 spiro atoms. The summed E-state index contributed by atoms with van der Waals surface area (Å²) < 4.78 is 0. The Morgan fingerprint density at radius 1 is 0.462 bits per heavy atom. The van der Waals surface area contributed by atoms with E-state index in [9.17, 15) is 10.2 Å². The van der Waals surface area contributed by atoms with Crippen LogP contribution in [0.1, 0.15) is 73.6 Å². The predicted molar refractivity (Wildman–Crippen MR) is 159 cm³/mol. The molecule has 3 aliphatic rings. The molecule has 0 saturated heterocycles. The Kier molecular flexibility index (Phi) is 6.02. The molecule has 1 saturated carbocycles. The second-order valence-corrected chi connectivity index (χ2v) is 11.9. The van der Waals surface area contributed by atoms with Crippen molar-refractivity contribution < 1.29 is 10.2 Å². The van der Waals surface area contributed by atoms with Gasteiger partial charge in [0.2, 0.25) is 0 Å². The van der Waals surface area contributed by atoms with Crippen LogP contribution < -0.4 is 0 Å². The molecule has 2 heteroatoms. The summed E-state index contributed by atoms with van der Waals surface area (Å²) in [6, 6.07) is 36.4. The van der Waals surface area contributed by atoms with Crippen molar-refractivity contribution in [2.24, 2.45) is 5.41 Å². The van der Waals surface area contributed by atoms with E-state index in [2.05, 4.69) is 97.1 Å². The molecule has 198 valence electrons. The Bertz CT molecular complexity index is 1310. The van der Waals surface area contributed by atoms with Gasteiger partial charge in [0, 0.05) is 24.0 Å². The molecule has 2 N–H and O–H groups in total. The average Bonchev–Trinajstić information content (AvgIpc) is 3.68. The highest BCUT2D eigenvalue weighted by Crippen LogP contribution is 2.74. The molecule has 0 bridgehead atoms. The molecule has 7 rings (SSSR count). The Morgan fingerprint density at radius 3 is 1.08 bits per heavy atom. The van der Waals surface area contributed by atoms with E-state index in [1.54, 1.807) is 0 Å². The van der Waals surface area contributed by atoms with Gasteiger partial charge in [0.25, 0.3) is 0 Å². The van der Waals surface area contributed by atoms with Crippen LogP contribution in [-0.4, -0.2) is 23.4 Å². The lowest BCUT2D eigenvalue weighted by atomic mass is 9.42. The number of benzene rings is 4. The maximum atomic E-state index is 10.3. The second kappa shape index (κ2) is 9.47. The first kappa shape index (κ1) is 24.8. The van der Waals surface area contributed by atoms with Crippen LogP contribution in [0.5, 0.6) is 0 Å². The summed E-state index contributed by atoms with van der Waals surface area (Å²) in [6.07, 6.45) is 8.05. The minimum atomic E-state index is -0.237. The number of hydrogen-bond donors (Lipinski definition) is 2. The van der Waals surface area contributed by atoms with Gasteiger partial charge >= 0.3 is 0 Å². The van der Waals surface area contributed by atoms with Crippen molar-refractivity contribution in [1.82, 2.24) is 0 Å². The summed E-state index contributed by atoms with van der Waals surface area (Å²) in [7, 11) is 0. The van der Waals surface area contributed by atoms with Crippen molar-refractivity contribution in [1.29, 1.82) is 0 Å². The van der Waals surface area contributed by atoms with Crippen LogP contribution in [0.25, 0.3) is 22.3 Å². The monoisotopic (exact) mass is 514 g/mol. The highest BCUT2D eigenvalue weighted by atomic mass is 16.3. The molecule has 0 amide bonds.